The van der Waals surface area contributed by atoms with Gasteiger partial charge in [0.25, 0.3) is 5.91 Å². The van der Waals surface area contributed by atoms with Gasteiger partial charge < -0.3 is 14.5 Å². The van der Waals surface area contributed by atoms with Crippen molar-refractivity contribution in [3.63, 3.8) is 0 Å². The van der Waals surface area contributed by atoms with Crippen LogP contribution in [0.3, 0.4) is 0 Å². The summed E-state index contributed by atoms with van der Waals surface area (Å²) in [6.07, 6.45) is 1.22. The number of nitrogens with zero attached hydrogens (tertiary/aromatic N) is 2. The van der Waals surface area contributed by atoms with Gasteiger partial charge in [0.1, 0.15) is 11.6 Å². The molecule has 2 amide bonds. The maximum Gasteiger partial charge on any atom is 0.257 e. The number of likely N-dealkylation sites (tertiary alicyclic amines) is 1. The average molecular weight is 413 g/mol. The number of carbonyl (C=O) groups is 2. The highest BCUT2D eigenvalue weighted by Crippen LogP contribution is 2.28. The quantitative estimate of drug-likeness (QED) is 0.705. The minimum absolute atomic E-state index is 0.107. The summed E-state index contributed by atoms with van der Waals surface area (Å²) >= 11 is 0. The second-order valence-corrected chi connectivity index (χ2v) is 7.51. The zero-order valence-electron chi connectivity index (χ0n) is 17.9. The van der Waals surface area contributed by atoms with Crippen LogP contribution in [0.2, 0.25) is 0 Å². The Morgan fingerprint density at radius 2 is 1.83 bits per heavy atom. The number of carbonyl (C=O) groups excluding carboxylic acids is 2. The summed E-state index contributed by atoms with van der Waals surface area (Å²) in [5.41, 5.74) is 2.37. The Balaban J connectivity index is 1.68. The number of halogens is 1. The molecule has 6 heteroatoms. The first kappa shape index (κ1) is 21.8. The summed E-state index contributed by atoms with van der Waals surface area (Å²) in [4.78, 5) is 29.7. The van der Waals surface area contributed by atoms with E-state index < -0.39 is 5.82 Å². The topological polar surface area (TPSA) is 49.9 Å². The molecule has 5 nitrogen and oxygen atoms in total. The standard InChI is InChI=1S/C24H29FN2O3/c1-4-27(21-9-7-6-8-17(21)3)23(28)18-12-14-26(15-13-18)24(29)20-11-10-19(25)16-22(20)30-5-2/h6-11,16,18H,4-5,12-15H2,1-3H3. The Morgan fingerprint density at radius 3 is 2.47 bits per heavy atom. The lowest BCUT2D eigenvalue weighted by molar-refractivity contribution is -0.123. The van der Waals surface area contributed by atoms with E-state index in [4.69, 9.17) is 4.74 Å². The largest absolute Gasteiger partial charge is 0.493 e. The van der Waals surface area contributed by atoms with E-state index in [9.17, 15) is 14.0 Å². The summed E-state index contributed by atoms with van der Waals surface area (Å²) in [5, 5.41) is 0. The molecule has 0 N–H and O–H groups in total. The molecular weight excluding hydrogens is 383 g/mol. The highest BCUT2D eigenvalue weighted by molar-refractivity contribution is 5.98. The van der Waals surface area contributed by atoms with E-state index in [0.29, 0.717) is 44.6 Å². The Morgan fingerprint density at radius 1 is 1.13 bits per heavy atom. The van der Waals surface area contributed by atoms with Crippen molar-refractivity contribution >= 4 is 17.5 Å². The molecule has 0 saturated carbocycles. The van der Waals surface area contributed by atoms with Crippen molar-refractivity contribution in [2.75, 3.05) is 31.1 Å². The lowest BCUT2D eigenvalue weighted by Gasteiger charge is -2.34. The van der Waals surface area contributed by atoms with E-state index in [1.54, 1.807) is 11.8 Å². The molecule has 2 aromatic rings. The number of hydrogen-bond acceptors (Lipinski definition) is 3. The molecule has 0 spiro atoms. The predicted molar refractivity (Wildman–Crippen MR) is 115 cm³/mol. The first-order chi connectivity index (χ1) is 14.5. The maximum absolute atomic E-state index is 13.5. The lowest BCUT2D eigenvalue weighted by Crippen LogP contribution is -2.44. The molecule has 1 aliphatic rings. The van der Waals surface area contributed by atoms with Gasteiger partial charge in [-0.2, -0.15) is 0 Å². The fraction of sp³-hybridized carbons (Fsp3) is 0.417. The minimum atomic E-state index is -0.435. The molecule has 0 radical (unpaired) electrons. The molecule has 0 atom stereocenters. The third kappa shape index (κ3) is 4.64. The molecule has 0 aromatic heterocycles. The van der Waals surface area contributed by atoms with Gasteiger partial charge in [0.2, 0.25) is 5.91 Å². The predicted octanol–water partition coefficient (Wildman–Crippen LogP) is 4.44. The minimum Gasteiger partial charge on any atom is -0.493 e. The molecule has 1 aliphatic heterocycles. The summed E-state index contributed by atoms with van der Waals surface area (Å²) < 4.78 is 19.0. The van der Waals surface area contributed by atoms with Crippen LogP contribution in [-0.2, 0) is 4.79 Å². The van der Waals surface area contributed by atoms with Crippen molar-refractivity contribution in [2.45, 2.75) is 33.6 Å². The van der Waals surface area contributed by atoms with Crippen LogP contribution >= 0.6 is 0 Å². The number of rotatable bonds is 6. The smallest absolute Gasteiger partial charge is 0.257 e. The lowest BCUT2D eigenvalue weighted by atomic mass is 9.94. The molecule has 1 heterocycles. The van der Waals surface area contributed by atoms with E-state index in [-0.39, 0.29) is 23.5 Å². The normalized spacial score (nSPS) is 14.5. The van der Waals surface area contributed by atoms with Gasteiger partial charge in [-0.15, -0.1) is 0 Å². The maximum atomic E-state index is 13.5. The molecule has 0 bridgehead atoms. The fourth-order valence-corrected chi connectivity index (χ4v) is 3.98. The van der Waals surface area contributed by atoms with E-state index in [0.717, 1.165) is 11.3 Å². The molecule has 1 saturated heterocycles. The van der Waals surface area contributed by atoms with Gasteiger partial charge in [0, 0.05) is 37.3 Å². The van der Waals surface area contributed by atoms with Crippen LogP contribution in [0.4, 0.5) is 10.1 Å². The molecule has 0 aliphatic carbocycles. The van der Waals surface area contributed by atoms with Crippen molar-refractivity contribution in [3.05, 3.63) is 59.4 Å². The van der Waals surface area contributed by atoms with Crippen LogP contribution < -0.4 is 9.64 Å². The first-order valence-corrected chi connectivity index (χ1v) is 10.5. The van der Waals surface area contributed by atoms with Crippen LogP contribution in [0.25, 0.3) is 0 Å². The first-order valence-electron chi connectivity index (χ1n) is 10.5. The Hall–Kier alpha value is -2.89. The SMILES string of the molecule is CCOc1cc(F)ccc1C(=O)N1CCC(C(=O)N(CC)c2ccccc2C)CC1. The Labute approximate surface area is 177 Å². The average Bonchev–Trinajstić information content (AvgIpc) is 2.75. The summed E-state index contributed by atoms with van der Waals surface area (Å²) in [6, 6.07) is 11.9. The van der Waals surface area contributed by atoms with Gasteiger partial charge in [0.05, 0.1) is 12.2 Å². The molecule has 0 unspecified atom stereocenters. The van der Waals surface area contributed by atoms with Gasteiger partial charge in [-0.25, -0.2) is 4.39 Å². The fourth-order valence-electron chi connectivity index (χ4n) is 3.98. The van der Waals surface area contributed by atoms with Crippen LogP contribution in [0.15, 0.2) is 42.5 Å². The van der Waals surface area contributed by atoms with E-state index in [1.165, 1.54) is 18.2 Å². The van der Waals surface area contributed by atoms with Crippen molar-refractivity contribution in [1.29, 1.82) is 0 Å². The van der Waals surface area contributed by atoms with Crippen LogP contribution in [0.1, 0.15) is 42.6 Å². The molecule has 2 aromatic carbocycles. The van der Waals surface area contributed by atoms with Gasteiger partial charge in [-0.1, -0.05) is 18.2 Å². The number of amides is 2. The number of piperidine rings is 1. The van der Waals surface area contributed by atoms with Gasteiger partial charge >= 0.3 is 0 Å². The van der Waals surface area contributed by atoms with E-state index in [1.807, 2.05) is 43.0 Å². The molecule has 3 rings (SSSR count). The van der Waals surface area contributed by atoms with Crippen LogP contribution in [0.5, 0.6) is 5.75 Å². The van der Waals surface area contributed by atoms with Crippen molar-refractivity contribution in [3.8, 4) is 5.75 Å². The van der Waals surface area contributed by atoms with Crippen LogP contribution in [0, 0.1) is 18.7 Å². The van der Waals surface area contributed by atoms with Gasteiger partial charge in [-0.05, 0) is 57.4 Å². The van der Waals surface area contributed by atoms with Gasteiger partial charge in [-0.3, -0.25) is 9.59 Å². The van der Waals surface area contributed by atoms with E-state index in [2.05, 4.69) is 0 Å². The number of aryl methyl sites for hydroxylation is 1. The second kappa shape index (κ2) is 9.74. The highest BCUT2D eigenvalue weighted by Gasteiger charge is 2.31. The zero-order chi connectivity index (χ0) is 21.7. The third-order valence-corrected chi connectivity index (χ3v) is 5.59. The zero-order valence-corrected chi connectivity index (χ0v) is 17.9. The molecule has 1 fully saturated rings. The van der Waals surface area contributed by atoms with Crippen molar-refractivity contribution in [2.24, 2.45) is 5.92 Å². The molecule has 30 heavy (non-hydrogen) atoms. The van der Waals surface area contributed by atoms with Gasteiger partial charge in [0.15, 0.2) is 0 Å². The number of benzene rings is 2. The molecule has 160 valence electrons. The van der Waals surface area contributed by atoms with E-state index >= 15 is 0 Å². The number of anilines is 1. The van der Waals surface area contributed by atoms with Crippen LogP contribution in [-0.4, -0.2) is 43.0 Å². The summed E-state index contributed by atoms with van der Waals surface area (Å²) in [6.45, 7) is 7.72. The second-order valence-electron chi connectivity index (χ2n) is 7.51. The number of ether oxygens (including phenoxy) is 1. The van der Waals surface area contributed by atoms with Crippen molar-refractivity contribution in [1.82, 2.24) is 4.90 Å². The Bertz CT molecular complexity index is 907. The third-order valence-electron chi connectivity index (χ3n) is 5.59. The number of para-hydroxylation sites is 1. The Kier molecular flexibility index (Phi) is 7.08. The monoisotopic (exact) mass is 412 g/mol. The highest BCUT2D eigenvalue weighted by atomic mass is 19.1. The molecular formula is C24H29FN2O3. The van der Waals surface area contributed by atoms with Crippen molar-refractivity contribution < 1.29 is 18.7 Å². The summed E-state index contributed by atoms with van der Waals surface area (Å²) in [5.74, 6) is -0.368. The number of hydrogen-bond donors (Lipinski definition) is 0. The summed E-state index contributed by atoms with van der Waals surface area (Å²) in [7, 11) is 0.